The number of carbonyl (C=O) groups excluding carboxylic acids is 4. The van der Waals surface area contributed by atoms with E-state index in [-0.39, 0.29) is 43.6 Å². The van der Waals surface area contributed by atoms with Crippen LogP contribution in [0, 0.1) is 11.6 Å². The number of carbonyl (C=O) groups is 5. The van der Waals surface area contributed by atoms with Crippen molar-refractivity contribution in [3.63, 3.8) is 0 Å². The summed E-state index contributed by atoms with van der Waals surface area (Å²) in [5.74, 6) is -4.01. The normalized spacial score (nSPS) is 11.6. The maximum Gasteiger partial charge on any atom is 0.404 e. The third-order valence-corrected chi connectivity index (χ3v) is 5.29. The van der Waals surface area contributed by atoms with Crippen LogP contribution in [0.25, 0.3) is 11.1 Å². The lowest BCUT2D eigenvalue weighted by atomic mass is 10.0. The van der Waals surface area contributed by atoms with E-state index in [0.29, 0.717) is 5.56 Å². The molecule has 0 aliphatic rings. The molecule has 0 saturated carbocycles. The van der Waals surface area contributed by atoms with Crippen molar-refractivity contribution in [1.82, 2.24) is 26.6 Å². The number of halogens is 2. The molecular weight excluding hydrogens is 528 g/mol. The Hall–Kier alpha value is -4.55. The molecule has 0 heterocycles. The van der Waals surface area contributed by atoms with Gasteiger partial charge in [-0.25, -0.2) is 13.6 Å². The summed E-state index contributed by atoms with van der Waals surface area (Å²) in [7, 11) is 0. The first-order valence-electron chi connectivity index (χ1n) is 12.4. The summed E-state index contributed by atoms with van der Waals surface area (Å²) in [6.07, 6.45) is -1.96. The summed E-state index contributed by atoms with van der Waals surface area (Å²) < 4.78 is 28.5. The first kappa shape index (κ1) is 31.7. The molecule has 2 aromatic carbocycles. The number of benzene rings is 2. The average molecular weight is 562 g/mol. The van der Waals surface area contributed by atoms with Crippen molar-refractivity contribution in [1.29, 1.82) is 0 Å². The smallest absolute Gasteiger partial charge is 0.404 e. The van der Waals surface area contributed by atoms with E-state index in [2.05, 4.69) is 21.3 Å². The van der Waals surface area contributed by atoms with E-state index < -0.39 is 52.9 Å². The standard InChI is InChI=1S/C27H33F2N5O6/c1-27(2,3)34-23(36)15-21(33-22(35)10-11-32-26(39)40)25(38)31-13-12-30-24(37)18-14-16(8-9-20(18)29)17-6-4-5-7-19(17)28/h4-9,14,21,32H,10-13,15H2,1-3H3,(H,30,37)(H,31,38)(H,33,35)(H,34,36)(H,39,40). The second-order valence-electron chi connectivity index (χ2n) is 9.83. The van der Waals surface area contributed by atoms with E-state index >= 15 is 0 Å². The Labute approximate surface area is 230 Å². The van der Waals surface area contributed by atoms with Crippen LogP contribution in [0.1, 0.15) is 44.0 Å². The highest BCUT2D eigenvalue weighted by Gasteiger charge is 2.25. The molecule has 0 bridgehead atoms. The van der Waals surface area contributed by atoms with E-state index in [1.165, 1.54) is 30.3 Å². The number of carboxylic acid groups (broad SMARTS) is 1. The van der Waals surface area contributed by atoms with Crippen molar-refractivity contribution < 1.29 is 37.9 Å². The molecule has 0 aromatic heterocycles. The van der Waals surface area contributed by atoms with Crippen molar-refractivity contribution >= 4 is 29.7 Å². The largest absolute Gasteiger partial charge is 0.465 e. The molecule has 0 fully saturated rings. The fraction of sp³-hybridized carbons (Fsp3) is 0.370. The zero-order valence-corrected chi connectivity index (χ0v) is 22.4. The van der Waals surface area contributed by atoms with Crippen LogP contribution in [0.5, 0.6) is 0 Å². The monoisotopic (exact) mass is 561 g/mol. The minimum Gasteiger partial charge on any atom is -0.465 e. The quantitative estimate of drug-likeness (QED) is 0.217. The predicted molar refractivity (Wildman–Crippen MR) is 142 cm³/mol. The summed E-state index contributed by atoms with van der Waals surface area (Å²) >= 11 is 0. The van der Waals surface area contributed by atoms with Gasteiger partial charge in [0.25, 0.3) is 5.91 Å². The molecule has 2 aromatic rings. The van der Waals surface area contributed by atoms with Crippen LogP contribution in [-0.4, -0.2) is 66.0 Å². The molecule has 216 valence electrons. The summed E-state index contributed by atoms with van der Waals surface area (Å²) in [4.78, 5) is 60.4. The second-order valence-corrected chi connectivity index (χ2v) is 9.83. The highest BCUT2D eigenvalue weighted by molar-refractivity contribution is 5.96. The van der Waals surface area contributed by atoms with Crippen molar-refractivity contribution in [3.8, 4) is 11.1 Å². The van der Waals surface area contributed by atoms with E-state index in [9.17, 15) is 32.8 Å². The summed E-state index contributed by atoms with van der Waals surface area (Å²) in [6, 6.07) is 8.22. The average Bonchev–Trinajstić information content (AvgIpc) is 2.85. The molecule has 0 spiro atoms. The predicted octanol–water partition coefficient (Wildman–Crippen LogP) is 1.93. The summed E-state index contributed by atoms with van der Waals surface area (Å²) in [6.45, 7) is 4.80. The van der Waals surface area contributed by atoms with Crippen LogP contribution in [0.3, 0.4) is 0 Å². The van der Waals surface area contributed by atoms with Gasteiger partial charge in [-0.2, -0.15) is 0 Å². The number of hydrogen-bond donors (Lipinski definition) is 6. The van der Waals surface area contributed by atoms with Crippen molar-refractivity contribution in [2.24, 2.45) is 0 Å². The fourth-order valence-corrected chi connectivity index (χ4v) is 3.56. The Kier molecular flexibility index (Phi) is 11.5. The second kappa shape index (κ2) is 14.6. The maximum atomic E-state index is 14.3. The number of rotatable bonds is 12. The Balaban J connectivity index is 1.97. The van der Waals surface area contributed by atoms with Gasteiger partial charge in [-0.05, 0) is 44.5 Å². The Morgan fingerprint density at radius 2 is 1.52 bits per heavy atom. The molecule has 0 aliphatic heterocycles. The molecular formula is C27H33F2N5O6. The zero-order valence-electron chi connectivity index (χ0n) is 22.4. The highest BCUT2D eigenvalue weighted by atomic mass is 19.1. The van der Waals surface area contributed by atoms with E-state index in [1.54, 1.807) is 26.8 Å². The van der Waals surface area contributed by atoms with Gasteiger partial charge >= 0.3 is 6.09 Å². The Bertz CT molecular complexity index is 1250. The zero-order chi connectivity index (χ0) is 29.9. The van der Waals surface area contributed by atoms with E-state index in [0.717, 1.165) is 6.07 Å². The van der Waals surface area contributed by atoms with Crippen LogP contribution in [0.2, 0.25) is 0 Å². The van der Waals surface area contributed by atoms with Crippen LogP contribution in [0.4, 0.5) is 13.6 Å². The minimum atomic E-state index is -1.31. The molecule has 11 nitrogen and oxygen atoms in total. The van der Waals surface area contributed by atoms with Crippen molar-refractivity contribution in [2.75, 3.05) is 19.6 Å². The van der Waals surface area contributed by atoms with E-state index in [1.807, 2.05) is 5.32 Å². The van der Waals surface area contributed by atoms with Gasteiger partial charge < -0.3 is 31.7 Å². The van der Waals surface area contributed by atoms with Crippen LogP contribution < -0.4 is 26.6 Å². The van der Waals surface area contributed by atoms with Gasteiger partial charge in [0.15, 0.2) is 0 Å². The molecule has 2 rings (SSSR count). The Morgan fingerprint density at radius 1 is 0.850 bits per heavy atom. The third kappa shape index (κ3) is 10.7. The highest BCUT2D eigenvalue weighted by Crippen LogP contribution is 2.24. The number of nitrogens with one attached hydrogen (secondary N) is 5. The molecule has 0 radical (unpaired) electrons. The summed E-state index contributed by atoms with van der Waals surface area (Å²) in [5, 5.41) is 20.7. The van der Waals surface area contributed by atoms with Gasteiger partial charge in [0.1, 0.15) is 17.7 Å². The molecule has 0 saturated heterocycles. The van der Waals surface area contributed by atoms with Gasteiger partial charge in [0.2, 0.25) is 17.7 Å². The maximum absolute atomic E-state index is 14.3. The lowest BCUT2D eigenvalue weighted by Gasteiger charge is -2.23. The SMILES string of the molecule is CC(C)(C)NC(=O)CC(NC(=O)CCNC(=O)O)C(=O)NCCNC(=O)c1cc(-c2ccccc2F)ccc1F. The third-order valence-electron chi connectivity index (χ3n) is 5.29. The van der Waals surface area contributed by atoms with Gasteiger partial charge in [-0.3, -0.25) is 19.2 Å². The van der Waals surface area contributed by atoms with Crippen molar-refractivity contribution in [3.05, 3.63) is 59.7 Å². The minimum absolute atomic E-state index is 0.118. The number of amides is 5. The molecule has 0 aliphatic carbocycles. The van der Waals surface area contributed by atoms with Gasteiger partial charge in [0, 0.05) is 37.2 Å². The van der Waals surface area contributed by atoms with Crippen LogP contribution in [-0.2, 0) is 14.4 Å². The molecule has 6 N–H and O–H groups in total. The molecule has 1 atom stereocenters. The molecule has 1 unspecified atom stereocenters. The topological polar surface area (TPSA) is 166 Å². The van der Waals surface area contributed by atoms with Gasteiger partial charge in [-0.1, -0.05) is 24.3 Å². The van der Waals surface area contributed by atoms with Crippen molar-refractivity contribution in [2.45, 2.75) is 45.2 Å². The molecule has 5 amide bonds. The summed E-state index contributed by atoms with van der Waals surface area (Å²) in [5.41, 5.74) is -0.391. The first-order chi connectivity index (χ1) is 18.8. The van der Waals surface area contributed by atoms with Crippen LogP contribution >= 0.6 is 0 Å². The first-order valence-corrected chi connectivity index (χ1v) is 12.4. The fourth-order valence-electron chi connectivity index (χ4n) is 3.56. The lowest BCUT2D eigenvalue weighted by Crippen LogP contribution is -2.52. The van der Waals surface area contributed by atoms with Gasteiger partial charge in [0.05, 0.1) is 12.0 Å². The van der Waals surface area contributed by atoms with Gasteiger partial charge in [-0.15, -0.1) is 0 Å². The molecule has 40 heavy (non-hydrogen) atoms. The Morgan fingerprint density at radius 3 is 2.17 bits per heavy atom. The lowest BCUT2D eigenvalue weighted by molar-refractivity contribution is -0.132. The van der Waals surface area contributed by atoms with E-state index in [4.69, 9.17) is 5.11 Å². The van der Waals surface area contributed by atoms with Crippen LogP contribution in [0.15, 0.2) is 42.5 Å². The number of hydrogen-bond acceptors (Lipinski definition) is 5. The molecule has 13 heteroatoms.